The Hall–Kier alpha value is 27.7. The minimum atomic E-state index is 0. The zero-order valence-corrected chi connectivity index (χ0v) is 98.3. The average molecular weight is 2490 g/mol. The van der Waals surface area contributed by atoms with Crippen molar-refractivity contribution < 1.29 is 850 Å². The van der Waals surface area contributed by atoms with Gasteiger partial charge in [-0.25, -0.2) is 12.2 Å². The van der Waals surface area contributed by atoms with Crippen LogP contribution < -0.4 is 0 Å². The molecule has 0 atom stereocenters. The van der Waals surface area contributed by atoms with E-state index in [0.717, 1.165) is 17.6 Å². The van der Waals surface area contributed by atoms with Crippen molar-refractivity contribution >= 4 is 0 Å². The molecule has 0 fully saturated rings. The van der Waals surface area contributed by atoms with Crippen molar-refractivity contribution in [1.29, 1.82) is 0 Å². The van der Waals surface area contributed by atoms with Gasteiger partial charge in [0.15, 0.2) is 0 Å². The zero-order chi connectivity index (χ0) is 9.28. The topological polar surface area (TPSA) is 0 Å². The maximum Gasteiger partial charge on any atom is 0 e. The molecule has 0 rings (SSSR count). The van der Waals surface area contributed by atoms with Gasteiger partial charge < -0.3 is 20.9 Å². The van der Waals surface area contributed by atoms with Gasteiger partial charge in [-0.15, -0.1) is 12.2 Å². The molecule has 39 heavy (non-hydrogen) atoms. The van der Waals surface area contributed by atoms with Crippen molar-refractivity contribution in [2.24, 2.45) is 0 Å². The summed E-state index contributed by atoms with van der Waals surface area (Å²) in [6.45, 7) is 17.7. The van der Waals surface area contributed by atoms with E-state index < -0.39 is 0 Å². The van der Waals surface area contributed by atoms with Gasteiger partial charge in [0.05, 0.1) is 0 Å². The average Bonchev–Trinajstić information content (AvgIpc) is 1.89. The molecule has 0 unspecified atom stereocenters. The molecule has 0 saturated heterocycles. The molecule has 0 heterocycles. The van der Waals surface area contributed by atoms with Gasteiger partial charge >= 0.3 is 0 Å². The molecule has 0 amide bonds. The van der Waals surface area contributed by atoms with Gasteiger partial charge in [-0.2, -0.15) is 13.0 Å². The summed E-state index contributed by atoms with van der Waals surface area (Å²) < 4.78 is 0. The first kappa shape index (κ1) is 214. The quantitative estimate of drug-likeness (QED) is 0.225. The maximum atomic E-state index is 3.64. The van der Waals surface area contributed by atoms with Crippen LogP contribution in [0.15, 0.2) is 37.5 Å². The summed E-state index contributed by atoms with van der Waals surface area (Å²) in [4.78, 5) is 0. The summed E-state index contributed by atoms with van der Waals surface area (Å²) in [5.41, 5.74) is 2.01. The molecule has 0 aromatic rings. The molecule has 0 aliphatic rings. The predicted octanol–water partition coefficient (Wildman–Crippen LogP) is 4.33. The van der Waals surface area contributed by atoms with Crippen LogP contribution in [0.2, 0.25) is 0 Å². The number of hydrogen-bond donors (Lipinski definition) is 0. The van der Waals surface area contributed by atoms with Crippen molar-refractivity contribution in [3.8, 4) is 0 Å². The van der Waals surface area contributed by atoms with Crippen LogP contribution >= 0.6 is 0 Å². The molecule has 26 heteroatoms. The molecule has 0 aromatic carbocycles. The second-order valence-corrected chi connectivity index (χ2v) is 2.34. The smallest absolute Gasteiger partial charge is 0 e. The Kier molecular flexibility index (Phi) is 1120. The van der Waals surface area contributed by atoms with Crippen LogP contribution in [-0.4, -0.2) is 0 Å². The summed E-state index contributed by atoms with van der Waals surface area (Å²) >= 11 is 0. The fourth-order valence-electron chi connectivity index (χ4n) is 0.213. The molecule has 0 aliphatic heterocycles. The molecule has 0 spiro atoms. The molecule has 0 saturated carbocycles. The van der Waals surface area contributed by atoms with E-state index in [1.165, 1.54) is 0 Å². The molecule has 0 N–H and O–H groups in total. The van der Waals surface area contributed by atoms with Gasteiger partial charge in [0.2, 0.25) is 0 Å². The summed E-state index contributed by atoms with van der Waals surface area (Å²) in [6.07, 6.45) is 6.12. The van der Waals surface area contributed by atoms with E-state index in [1.54, 1.807) is 0 Å². The Morgan fingerprint density at radius 2 is 0.487 bits per heavy atom. The first-order chi connectivity index (χ1) is 5.04. The largest absolute Gasteiger partial charge is 0.500 e. The summed E-state index contributed by atoms with van der Waals surface area (Å²) in [5, 5.41) is 0. The van der Waals surface area contributed by atoms with Crippen LogP contribution in [0, 0.1) is 27.0 Å². The van der Waals surface area contributed by atoms with E-state index in [4.69, 9.17) is 0 Å². The van der Waals surface area contributed by atoms with Crippen LogP contribution in [0.1, 0.15) is 20.3 Å². The Morgan fingerprint density at radius 3 is 0.487 bits per heavy atom. The number of allylic oxidation sites excluding steroid dienone is 4. The van der Waals surface area contributed by atoms with E-state index >= 15 is 0 Å². The molecule has 26 radical (unpaired) electrons. The van der Waals surface area contributed by atoms with Gasteiger partial charge in [-0.3, -0.25) is 12.7 Å². The van der Waals surface area contributed by atoms with E-state index in [-0.39, 0.29) is 865 Å². The van der Waals surface area contributed by atoms with Crippen LogP contribution in [0.5, 0.6) is 0 Å². The van der Waals surface area contributed by atoms with Crippen LogP contribution in [-0.2, 0) is 850 Å². The molecule has 0 nitrogen and oxygen atoms in total. The van der Waals surface area contributed by atoms with Gasteiger partial charge in [-0.1, -0.05) is 6.92 Å². The van der Waals surface area contributed by atoms with Crippen molar-refractivity contribution in [3.63, 3.8) is 0 Å². The molecule has 0 aromatic heterocycles. The van der Waals surface area contributed by atoms with Gasteiger partial charge in [0.1, 0.15) is 0 Å². The SMILES string of the molecule is C=[C-]C(=C)C.C=[C-]CC(=C)C.[CH3-].[CH3-].[Y].[Y].[Y].[Y].[Y].[Y].[Y].[Y].[Y].[Y].[Y].[Y].[Y].[Y].[Y].[Y].[Y].[Y].[Y].[Y].[Y].[Y].[Y].[Y].[Y].[Y]. The number of rotatable bonds is 3. The molecule has 0 aliphatic carbocycles. The van der Waals surface area contributed by atoms with Crippen molar-refractivity contribution in [2.75, 3.05) is 0 Å². The Bertz CT molecular complexity index is 185. The van der Waals surface area contributed by atoms with Crippen LogP contribution in [0.3, 0.4) is 0 Å². The summed E-state index contributed by atoms with van der Waals surface area (Å²) in [6, 6.07) is 0. The van der Waals surface area contributed by atoms with Crippen LogP contribution in [0.4, 0.5) is 0 Å². The zero-order valence-electron chi connectivity index (χ0n) is 24.5. The molecular weight excluding hydrogens is 2470 g/mol. The monoisotopic (exact) mass is 2490 g/mol. The van der Waals surface area contributed by atoms with Gasteiger partial charge in [-0.05, 0) is 6.92 Å². The molecule has 156 valence electrons. The predicted molar refractivity (Wildman–Crippen MR) is 64.8 cm³/mol. The number of hydrogen-bond acceptors (Lipinski definition) is 0. The normalized spacial score (nSPS) is 2.00. The summed E-state index contributed by atoms with van der Waals surface area (Å²) in [5.74, 6) is 0. The Balaban J connectivity index is -0.000000000865. The third-order valence-corrected chi connectivity index (χ3v) is 0.729. The molecular formula is C13H22Y26-4. The minimum Gasteiger partial charge on any atom is -0.500 e. The Labute approximate surface area is 901 Å². The van der Waals surface area contributed by atoms with E-state index in [1.807, 2.05) is 13.8 Å². The second kappa shape index (κ2) is 204. The van der Waals surface area contributed by atoms with E-state index in [9.17, 15) is 0 Å². The minimum absolute atomic E-state index is 0. The maximum absolute atomic E-state index is 3.64. The standard InChI is InChI=1S/C6H9.C5H7.2CH3.26Y/c1-4-5-6(2)3;1-4-5(2)3;;;;;;;;;;;;;;;;;;;;;;;;;;;;/h1-2,5H2,3H3;1-2H2,3H3;2*1H3;;;;;;;;;;;;;;;;;;;;;;;;;;/q4*-1;;;;;;;;;;;;;;;;;;;;;;;;;;. The molecule has 0 bridgehead atoms. The van der Waals surface area contributed by atoms with E-state index in [2.05, 4.69) is 38.5 Å². The second-order valence-electron chi connectivity index (χ2n) is 2.34. The fourth-order valence-corrected chi connectivity index (χ4v) is 0.213. The summed E-state index contributed by atoms with van der Waals surface area (Å²) in [7, 11) is 0. The first-order valence-corrected chi connectivity index (χ1v) is 3.37. The first-order valence-electron chi connectivity index (χ1n) is 3.37. The van der Waals surface area contributed by atoms with Crippen molar-refractivity contribution in [1.82, 2.24) is 0 Å². The van der Waals surface area contributed by atoms with Crippen LogP contribution in [0.25, 0.3) is 0 Å². The van der Waals surface area contributed by atoms with Gasteiger partial charge in [0, 0.05) is 850 Å². The van der Waals surface area contributed by atoms with Gasteiger partial charge in [0.25, 0.3) is 0 Å². The van der Waals surface area contributed by atoms with Crippen molar-refractivity contribution in [3.05, 3.63) is 64.5 Å². The van der Waals surface area contributed by atoms with E-state index in [0.29, 0.717) is 0 Å². The fraction of sp³-hybridized carbons (Fsp3) is 0.231. The third-order valence-electron chi connectivity index (χ3n) is 0.729. The third kappa shape index (κ3) is 249. The van der Waals surface area contributed by atoms with Crippen molar-refractivity contribution in [2.45, 2.75) is 20.3 Å². The Morgan fingerprint density at radius 1 is 0.385 bits per heavy atom.